The van der Waals surface area contributed by atoms with E-state index in [1.807, 2.05) is 6.92 Å². The van der Waals surface area contributed by atoms with Gasteiger partial charge < -0.3 is 0 Å². The molecule has 0 spiro atoms. The standard InChI is InChI=1S/C10H16O/c1-3-10(11)9-7-5-4-6-8(9)2/h3-7H2,1-2H3. The Morgan fingerprint density at radius 2 is 2.00 bits per heavy atom. The van der Waals surface area contributed by atoms with Crippen LogP contribution in [0.1, 0.15) is 46.0 Å². The van der Waals surface area contributed by atoms with E-state index >= 15 is 0 Å². The molecule has 0 bridgehead atoms. The first kappa shape index (κ1) is 8.51. The topological polar surface area (TPSA) is 17.1 Å². The van der Waals surface area contributed by atoms with E-state index in [1.54, 1.807) is 0 Å². The third kappa shape index (κ3) is 1.92. The van der Waals surface area contributed by atoms with Gasteiger partial charge >= 0.3 is 0 Å². The zero-order valence-electron chi connectivity index (χ0n) is 7.44. The molecule has 1 aliphatic rings. The van der Waals surface area contributed by atoms with Gasteiger partial charge in [-0.15, -0.1) is 0 Å². The van der Waals surface area contributed by atoms with Gasteiger partial charge in [0.15, 0.2) is 5.78 Å². The normalized spacial score (nSPS) is 18.7. The Bertz CT molecular complexity index is 189. The van der Waals surface area contributed by atoms with Gasteiger partial charge in [0.1, 0.15) is 0 Å². The lowest BCUT2D eigenvalue weighted by atomic mass is 9.89. The molecule has 0 unspecified atom stereocenters. The van der Waals surface area contributed by atoms with Crippen LogP contribution in [0, 0.1) is 0 Å². The number of hydrogen-bond donors (Lipinski definition) is 0. The molecular weight excluding hydrogens is 136 g/mol. The lowest BCUT2D eigenvalue weighted by Crippen LogP contribution is -2.07. The summed E-state index contributed by atoms with van der Waals surface area (Å²) in [5.41, 5.74) is 2.46. The van der Waals surface area contributed by atoms with Crippen molar-refractivity contribution in [1.29, 1.82) is 0 Å². The average molecular weight is 152 g/mol. The van der Waals surface area contributed by atoms with E-state index in [-0.39, 0.29) is 0 Å². The molecule has 0 heterocycles. The molecule has 0 aromatic heterocycles. The largest absolute Gasteiger partial charge is 0.295 e. The van der Waals surface area contributed by atoms with Crippen LogP contribution in [-0.2, 0) is 4.79 Å². The van der Waals surface area contributed by atoms with Crippen molar-refractivity contribution >= 4 is 5.78 Å². The lowest BCUT2D eigenvalue weighted by molar-refractivity contribution is -0.115. The maximum atomic E-state index is 11.3. The van der Waals surface area contributed by atoms with Crippen molar-refractivity contribution in [3.8, 4) is 0 Å². The highest BCUT2D eigenvalue weighted by molar-refractivity contribution is 5.95. The molecule has 0 saturated heterocycles. The maximum Gasteiger partial charge on any atom is 0.158 e. The van der Waals surface area contributed by atoms with E-state index in [1.165, 1.54) is 18.4 Å². The zero-order chi connectivity index (χ0) is 8.27. The molecule has 1 aliphatic carbocycles. The van der Waals surface area contributed by atoms with Crippen LogP contribution in [0.15, 0.2) is 11.1 Å². The molecule has 0 aliphatic heterocycles. The van der Waals surface area contributed by atoms with Gasteiger partial charge in [-0.25, -0.2) is 0 Å². The van der Waals surface area contributed by atoms with Crippen LogP contribution in [0.5, 0.6) is 0 Å². The minimum absolute atomic E-state index is 0.363. The van der Waals surface area contributed by atoms with E-state index in [9.17, 15) is 4.79 Å². The van der Waals surface area contributed by atoms with Crippen LogP contribution in [-0.4, -0.2) is 5.78 Å². The molecule has 0 fully saturated rings. The molecule has 0 amide bonds. The fourth-order valence-electron chi connectivity index (χ4n) is 1.65. The zero-order valence-corrected chi connectivity index (χ0v) is 7.44. The van der Waals surface area contributed by atoms with Gasteiger partial charge in [-0.05, 0) is 38.2 Å². The fourth-order valence-corrected chi connectivity index (χ4v) is 1.65. The van der Waals surface area contributed by atoms with E-state index < -0.39 is 0 Å². The first-order valence-corrected chi connectivity index (χ1v) is 4.47. The van der Waals surface area contributed by atoms with Crippen molar-refractivity contribution in [3.05, 3.63) is 11.1 Å². The molecule has 0 atom stereocenters. The molecule has 1 rings (SSSR count). The van der Waals surface area contributed by atoms with E-state index in [4.69, 9.17) is 0 Å². The second-order valence-electron chi connectivity index (χ2n) is 3.24. The SMILES string of the molecule is CCC(=O)C1=C(C)CCCC1. The van der Waals surface area contributed by atoms with E-state index in [2.05, 4.69) is 6.92 Å². The van der Waals surface area contributed by atoms with Gasteiger partial charge in [0.2, 0.25) is 0 Å². The predicted octanol–water partition coefficient (Wildman–Crippen LogP) is 2.86. The molecule has 0 saturated carbocycles. The average Bonchev–Trinajstić information content (AvgIpc) is 2.04. The number of hydrogen-bond acceptors (Lipinski definition) is 1. The highest BCUT2D eigenvalue weighted by Crippen LogP contribution is 2.25. The second-order valence-corrected chi connectivity index (χ2v) is 3.24. The van der Waals surface area contributed by atoms with Crippen LogP contribution in [0.3, 0.4) is 0 Å². The van der Waals surface area contributed by atoms with Crippen molar-refractivity contribution in [2.45, 2.75) is 46.0 Å². The number of rotatable bonds is 2. The summed E-state index contributed by atoms with van der Waals surface area (Å²) in [6.07, 6.45) is 5.32. The predicted molar refractivity (Wildman–Crippen MR) is 46.5 cm³/mol. The Hall–Kier alpha value is -0.590. The minimum Gasteiger partial charge on any atom is -0.295 e. The summed E-state index contributed by atoms with van der Waals surface area (Å²) in [5.74, 6) is 0.363. The molecule has 0 aromatic rings. The molecule has 62 valence electrons. The molecule has 0 radical (unpaired) electrons. The van der Waals surface area contributed by atoms with Crippen molar-refractivity contribution in [2.75, 3.05) is 0 Å². The summed E-state index contributed by atoms with van der Waals surface area (Å²) >= 11 is 0. The summed E-state index contributed by atoms with van der Waals surface area (Å²) < 4.78 is 0. The Labute approximate surface area is 68.5 Å². The quantitative estimate of drug-likeness (QED) is 0.594. The van der Waals surface area contributed by atoms with Gasteiger partial charge in [0.05, 0.1) is 0 Å². The Kier molecular flexibility index (Phi) is 2.86. The van der Waals surface area contributed by atoms with Crippen LogP contribution in [0.4, 0.5) is 0 Å². The Morgan fingerprint density at radius 1 is 1.36 bits per heavy atom. The van der Waals surface area contributed by atoms with Crippen LogP contribution in [0.25, 0.3) is 0 Å². The number of carbonyl (C=O) groups excluding carboxylic acids is 1. The third-order valence-corrected chi connectivity index (χ3v) is 2.40. The second kappa shape index (κ2) is 3.70. The van der Waals surface area contributed by atoms with Gasteiger partial charge in [0, 0.05) is 6.42 Å². The third-order valence-electron chi connectivity index (χ3n) is 2.40. The van der Waals surface area contributed by atoms with Crippen LogP contribution < -0.4 is 0 Å². The molecule has 0 N–H and O–H groups in total. The summed E-state index contributed by atoms with van der Waals surface area (Å²) in [5, 5.41) is 0. The van der Waals surface area contributed by atoms with E-state index in [0.717, 1.165) is 18.4 Å². The summed E-state index contributed by atoms with van der Waals surface area (Å²) in [6, 6.07) is 0. The van der Waals surface area contributed by atoms with Gasteiger partial charge in [-0.2, -0.15) is 0 Å². The number of Topliss-reactive ketones (excluding diaryl/α,β-unsaturated/α-hetero) is 1. The fraction of sp³-hybridized carbons (Fsp3) is 0.700. The molecular formula is C10H16O. The summed E-state index contributed by atoms with van der Waals surface area (Å²) in [6.45, 7) is 4.04. The first-order valence-electron chi connectivity index (χ1n) is 4.47. The Morgan fingerprint density at radius 3 is 2.55 bits per heavy atom. The maximum absolute atomic E-state index is 11.3. The van der Waals surface area contributed by atoms with Crippen LogP contribution >= 0.6 is 0 Å². The Balaban J connectivity index is 2.74. The molecule has 0 aromatic carbocycles. The van der Waals surface area contributed by atoms with Crippen molar-refractivity contribution in [2.24, 2.45) is 0 Å². The molecule has 1 heteroatoms. The highest BCUT2D eigenvalue weighted by atomic mass is 16.1. The molecule has 1 nitrogen and oxygen atoms in total. The molecule has 11 heavy (non-hydrogen) atoms. The van der Waals surface area contributed by atoms with Crippen molar-refractivity contribution < 1.29 is 4.79 Å². The smallest absolute Gasteiger partial charge is 0.158 e. The summed E-state index contributed by atoms with van der Waals surface area (Å²) in [4.78, 5) is 11.3. The minimum atomic E-state index is 0.363. The highest BCUT2D eigenvalue weighted by Gasteiger charge is 2.13. The number of ketones is 1. The lowest BCUT2D eigenvalue weighted by Gasteiger charge is -2.15. The van der Waals surface area contributed by atoms with Gasteiger partial charge in [-0.3, -0.25) is 4.79 Å². The van der Waals surface area contributed by atoms with Crippen molar-refractivity contribution in [3.63, 3.8) is 0 Å². The first-order chi connectivity index (χ1) is 5.25. The van der Waals surface area contributed by atoms with Crippen LogP contribution in [0.2, 0.25) is 0 Å². The van der Waals surface area contributed by atoms with E-state index in [0.29, 0.717) is 12.2 Å². The number of carbonyl (C=O) groups is 1. The summed E-state index contributed by atoms with van der Waals surface area (Å²) in [7, 11) is 0. The van der Waals surface area contributed by atoms with Gasteiger partial charge in [0.25, 0.3) is 0 Å². The number of allylic oxidation sites excluding steroid dienone is 2. The van der Waals surface area contributed by atoms with Crippen molar-refractivity contribution in [1.82, 2.24) is 0 Å². The monoisotopic (exact) mass is 152 g/mol. The van der Waals surface area contributed by atoms with Gasteiger partial charge in [-0.1, -0.05) is 12.5 Å².